The van der Waals surface area contributed by atoms with Crippen molar-refractivity contribution in [2.75, 3.05) is 45.6 Å². The van der Waals surface area contributed by atoms with E-state index in [1.165, 1.54) is 0 Å². The van der Waals surface area contributed by atoms with Gasteiger partial charge in [-0.1, -0.05) is 41.4 Å². The van der Waals surface area contributed by atoms with Gasteiger partial charge in [0.25, 0.3) is 0 Å². The fraction of sp³-hybridized carbons (Fsp3) is 0.500. The number of nitrogens with zero attached hydrogens (tertiary/aromatic N) is 1. The number of hydrogen-bond donors (Lipinski definition) is 0. The zero-order chi connectivity index (χ0) is 23.7. The van der Waals surface area contributed by atoms with Crippen molar-refractivity contribution in [2.24, 2.45) is 0 Å². The van der Waals surface area contributed by atoms with Gasteiger partial charge in [0.05, 0.1) is 32.1 Å². The lowest BCUT2D eigenvalue weighted by Gasteiger charge is -2.33. The van der Waals surface area contributed by atoms with Crippen molar-refractivity contribution >= 4 is 30.8 Å². The second-order valence-electron chi connectivity index (χ2n) is 7.74. The predicted octanol–water partition coefficient (Wildman–Crippen LogP) is 6.60. The Bertz CT molecular complexity index is 897. The Kier molecular flexibility index (Phi) is 10.5. The minimum Gasteiger partial charge on any atom is -0.489 e. The van der Waals surface area contributed by atoms with E-state index in [9.17, 15) is 4.57 Å². The Labute approximate surface area is 206 Å². The Morgan fingerprint density at radius 2 is 1.73 bits per heavy atom. The number of benzene rings is 2. The highest BCUT2D eigenvalue weighted by atomic mass is 35.5. The molecule has 33 heavy (non-hydrogen) atoms. The van der Waals surface area contributed by atoms with E-state index in [2.05, 4.69) is 4.90 Å². The standard InChI is InChI=1S/C24H32Cl2NO5P/c1-3-31-33(28,32-4-2)16-6-13-27-14-15-29-24(17-27)19-9-11-20(12-10-19)30-18-21-22(25)7-5-8-23(21)26/h5,7-12,24H,3-4,6,13-18H2,1-2H3. The van der Waals surface area contributed by atoms with Crippen LogP contribution in [0.5, 0.6) is 5.75 Å². The van der Waals surface area contributed by atoms with Crippen LogP contribution in [-0.2, 0) is 25.0 Å². The van der Waals surface area contributed by atoms with Gasteiger partial charge in [0, 0.05) is 28.7 Å². The number of morpholine rings is 1. The van der Waals surface area contributed by atoms with E-state index in [4.69, 9.17) is 41.7 Å². The van der Waals surface area contributed by atoms with Crippen molar-refractivity contribution in [1.29, 1.82) is 0 Å². The van der Waals surface area contributed by atoms with Crippen LogP contribution in [0.25, 0.3) is 0 Å². The summed E-state index contributed by atoms with van der Waals surface area (Å²) in [5.41, 5.74) is 1.87. The summed E-state index contributed by atoms with van der Waals surface area (Å²) in [7, 11) is -2.99. The molecule has 1 atom stereocenters. The largest absolute Gasteiger partial charge is 0.489 e. The summed E-state index contributed by atoms with van der Waals surface area (Å²) in [5, 5.41) is 1.18. The third-order valence-electron chi connectivity index (χ3n) is 5.41. The number of hydrogen-bond acceptors (Lipinski definition) is 6. The summed E-state index contributed by atoms with van der Waals surface area (Å²) in [4.78, 5) is 2.33. The van der Waals surface area contributed by atoms with Gasteiger partial charge in [0.1, 0.15) is 12.4 Å². The van der Waals surface area contributed by atoms with Crippen LogP contribution in [0.4, 0.5) is 0 Å². The molecule has 1 aliphatic heterocycles. The molecule has 0 saturated carbocycles. The molecular formula is C24H32Cl2NO5P. The first-order valence-corrected chi connectivity index (χ1v) is 13.8. The molecule has 182 valence electrons. The highest BCUT2D eigenvalue weighted by Gasteiger charge is 2.25. The van der Waals surface area contributed by atoms with Crippen LogP contribution in [0, 0.1) is 0 Å². The highest BCUT2D eigenvalue weighted by molar-refractivity contribution is 7.53. The highest BCUT2D eigenvalue weighted by Crippen LogP contribution is 2.48. The molecule has 6 nitrogen and oxygen atoms in total. The molecule has 1 unspecified atom stereocenters. The van der Waals surface area contributed by atoms with Crippen molar-refractivity contribution < 1.29 is 23.1 Å². The van der Waals surface area contributed by atoms with Gasteiger partial charge >= 0.3 is 7.60 Å². The van der Waals surface area contributed by atoms with E-state index >= 15 is 0 Å². The van der Waals surface area contributed by atoms with Crippen LogP contribution in [-0.4, -0.2) is 50.5 Å². The Morgan fingerprint density at radius 3 is 2.36 bits per heavy atom. The summed E-state index contributed by atoms with van der Waals surface area (Å²) < 4.78 is 35.3. The number of rotatable bonds is 12. The van der Waals surface area contributed by atoms with Gasteiger partial charge in [-0.3, -0.25) is 9.46 Å². The molecule has 3 rings (SSSR count). The molecule has 1 heterocycles. The molecule has 2 aromatic rings. The molecular weight excluding hydrogens is 484 g/mol. The third-order valence-corrected chi connectivity index (χ3v) is 8.28. The second-order valence-corrected chi connectivity index (χ2v) is 10.7. The predicted molar refractivity (Wildman–Crippen MR) is 133 cm³/mol. The third kappa shape index (κ3) is 7.97. The molecule has 1 fully saturated rings. The first kappa shape index (κ1) is 26.5. The smallest absolute Gasteiger partial charge is 0.330 e. The summed E-state index contributed by atoms with van der Waals surface area (Å²) in [5.74, 6) is 0.741. The topological polar surface area (TPSA) is 57.2 Å². The molecule has 0 bridgehead atoms. The Morgan fingerprint density at radius 1 is 1.06 bits per heavy atom. The van der Waals surface area contributed by atoms with Gasteiger partial charge < -0.3 is 18.5 Å². The molecule has 0 aliphatic carbocycles. The zero-order valence-electron chi connectivity index (χ0n) is 19.2. The summed E-state index contributed by atoms with van der Waals surface area (Å²) >= 11 is 12.4. The molecule has 1 saturated heterocycles. The van der Waals surface area contributed by atoms with Gasteiger partial charge in [0.15, 0.2) is 0 Å². The van der Waals surface area contributed by atoms with E-state index in [1.54, 1.807) is 12.1 Å². The lowest BCUT2D eigenvalue weighted by Crippen LogP contribution is -2.39. The van der Waals surface area contributed by atoms with Gasteiger partial charge in [-0.15, -0.1) is 0 Å². The van der Waals surface area contributed by atoms with Gasteiger partial charge in [-0.2, -0.15) is 0 Å². The van der Waals surface area contributed by atoms with E-state index in [0.29, 0.717) is 42.6 Å². The maximum Gasteiger partial charge on any atom is 0.330 e. The van der Waals surface area contributed by atoms with Crippen molar-refractivity contribution in [1.82, 2.24) is 4.90 Å². The Balaban J connectivity index is 1.50. The average molecular weight is 516 g/mol. The molecule has 2 aromatic carbocycles. The van der Waals surface area contributed by atoms with Crippen LogP contribution in [0.2, 0.25) is 10.0 Å². The number of halogens is 2. The molecule has 0 radical (unpaired) electrons. The van der Waals surface area contributed by atoms with Crippen LogP contribution in [0.15, 0.2) is 42.5 Å². The van der Waals surface area contributed by atoms with E-state index in [-0.39, 0.29) is 6.10 Å². The van der Waals surface area contributed by atoms with Crippen molar-refractivity contribution in [3.63, 3.8) is 0 Å². The van der Waals surface area contributed by atoms with Gasteiger partial charge in [-0.05, 0) is 56.6 Å². The first-order valence-electron chi connectivity index (χ1n) is 11.3. The quantitative estimate of drug-likeness (QED) is 0.296. The SMILES string of the molecule is CCOP(=O)(CCCN1CCOC(c2ccc(OCc3c(Cl)cccc3Cl)cc2)C1)OCC. The minimum absolute atomic E-state index is 0.0172. The monoisotopic (exact) mass is 515 g/mol. The molecule has 9 heteroatoms. The zero-order valence-corrected chi connectivity index (χ0v) is 21.6. The molecule has 0 amide bonds. The van der Waals surface area contributed by atoms with Crippen LogP contribution < -0.4 is 4.74 Å². The molecule has 0 aromatic heterocycles. The lowest BCUT2D eigenvalue weighted by atomic mass is 10.1. The minimum atomic E-state index is -2.99. The van der Waals surface area contributed by atoms with Crippen LogP contribution >= 0.6 is 30.8 Å². The first-order chi connectivity index (χ1) is 15.9. The van der Waals surface area contributed by atoms with Crippen molar-refractivity contribution in [3.05, 3.63) is 63.6 Å². The maximum absolute atomic E-state index is 12.6. The number of ether oxygens (including phenoxy) is 2. The molecule has 0 N–H and O–H groups in total. The Hall–Kier alpha value is -1.11. The fourth-order valence-corrected chi connectivity index (χ4v) is 5.91. The van der Waals surface area contributed by atoms with E-state index in [0.717, 1.165) is 42.9 Å². The van der Waals surface area contributed by atoms with E-state index < -0.39 is 7.60 Å². The van der Waals surface area contributed by atoms with Crippen LogP contribution in [0.1, 0.15) is 37.5 Å². The summed E-state index contributed by atoms with van der Waals surface area (Å²) in [6.07, 6.45) is 1.16. The summed E-state index contributed by atoms with van der Waals surface area (Å²) in [6, 6.07) is 13.3. The lowest BCUT2D eigenvalue weighted by molar-refractivity contribution is -0.0299. The van der Waals surface area contributed by atoms with Crippen molar-refractivity contribution in [2.45, 2.75) is 33.0 Å². The summed E-state index contributed by atoms with van der Waals surface area (Å²) in [6.45, 7) is 7.86. The van der Waals surface area contributed by atoms with E-state index in [1.807, 2.05) is 44.2 Å². The maximum atomic E-state index is 12.6. The van der Waals surface area contributed by atoms with Crippen LogP contribution in [0.3, 0.4) is 0 Å². The fourth-order valence-electron chi connectivity index (χ4n) is 3.76. The molecule has 0 spiro atoms. The van der Waals surface area contributed by atoms with Gasteiger partial charge in [-0.25, -0.2) is 0 Å². The van der Waals surface area contributed by atoms with Gasteiger partial charge in [0.2, 0.25) is 0 Å². The van der Waals surface area contributed by atoms with Crippen molar-refractivity contribution in [3.8, 4) is 5.75 Å². The average Bonchev–Trinajstić information content (AvgIpc) is 2.80. The molecule has 1 aliphatic rings. The second kappa shape index (κ2) is 13.1. The normalized spacial score (nSPS) is 17.3.